The van der Waals surface area contributed by atoms with Gasteiger partial charge in [-0.05, 0) is 19.4 Å². The number of azide groups is 1. The molecule has 2 aliphatic heterocycles. The van der Waals surface area contributed by atoms with Crippen LogP contribution in [0.15, 0.2) is 5.11 Å². The maximum atomic E-state index is 12.2. The molecule has 0 aromatic carbocycles. The second-order valence-electron chi connectivity index (χ2n) is 5.37. The van der Waals surface area contributed by atoms with Crippen molar-refractivity contribution in [1.29, 1.82) is 0 Å². The monoisotopic (exact) mass is 347 g/mol. The smallest absolute Gasteiger partial charge is 0.328 e. The zero-order valence-electron chi connectivity index (χ0n) is 12.7. The summed E-state index contributed by atoms with van der Waals surface area (Å²) >= 11 is 6.26. The number of alkyl halides is 1. The van der Waals surface area contributed by atoms with Gasteiger partial charge in [0.05, 0.1) is 18.8 Å². The first-order chi connectivity index (χ1) is 10.9. The van der Waals surface area contributed by atoms with E-state index in [4.69, 9.17) is 26.6 Å². The molecule has 0 aliphatic carbocycles. The number of imide groups is 1. The second-order valence-corrected chi connectivity index (χ2v) is 6.15. The van der Waals surface area contributed by atoms with E-state index in [9.17, 15) is 14.7 Å². The Labute approximate surface area is 137 Å². The molecule has 2 N–H and O–H groups in total. The van der Waals surface area contributed by atoms with Crippen molar-refractivity contribution in [3.63, 3.8) is 0 Å². The SMILES string of the molecule is CCO[C@H]1N(C2CC(N=[N+]=[N-])C(CO)O2)C(=O)NC(=O)[C@]1(C)Cl. The van der Waals surface area contributed by atoms with Crippen LogP contribution in [-0.4, -0.2) is 64.6 Å². The minimum Gasteiger partial charge on any atom is -0.394 e. The number of ether oxygens (including phenoxy) is 2. The van der Waals surface area contributed by atoms with Gasteiger partial charge in [-0.15, -0.1) is 11.6 Å². The van der Waals surface area contributed by atoms with Gasteiger partial charge < -0.3 is 14.6 Å². The van der Waals surface area contributed by atoms with Crippen LogP contribution in [0.1, 0.15) is 20.3 Å². The molecule has 2 heterocycles. The van der Waals surface area contributed by atoms with Crippen molar-refractivity contribution >= 4 is 23.5 Å². The van der Waals surface area contributed by atoms with Gasteiger partial charge in [0.25, 0.3) is 5.91 Å². The quantitative estimate of drug-likeness (QED) is 0.326. The summed E-state index contributed by atoms with van der Waals surface area (Å²) in [5.74, 6) is -0.665. The lowest BCUT2D eigenvalue weighted by Crippen LogP contribution is -2.69. The Morgan fingerprint density at radius 1 is 1.65 bits per heavy atom. The number of aliphatic hydroxyl groups excluding tert-OH is 1. The topological polar surface area (TPSA) is 137 Å². The molecule has 23 heavy (non-hydrogen) atoms. The van der Waals surface area contributed by atoms with Gasteiger partial charge in [0.1, 0.15) is 6.23 Å². The normalized spacial score (nSPS) is 37.5. The maximum Gasteiger partial charge on any atom is 0.328 e. The summed E-state index contributed by atoms with van der Waals surface area (Å²) in [6.45, 7) is 3.00. The van der Waals surface area contributed by atoms with Gasteiger partial charge in [0.2, 0.25) is 0 Å². The molecule has 128 valence electrons. The zero-order valence-corrected chi connectivity index (χ0v) is 13.4. The predicted octanol–water partition coefficient (Wildman–Crippen LogP) is 0.685. The highest BCUT2D eigenvalue weighted by Gasteiger charge is 2.54. The van der Waals surface area contributed by atoms with Crippen LogP contribution < -0.4 is 5.32 Å². The summed E-state index contributed by atoms with van der Waals surface area (Å²) in [6.07, 6.45) is -2.48. The third-order valence-corrected chi connectivity index (χ3v) is 4.19. The summed E-state index contributed by atoms with van der Waals surface area (Å²) in [7, 11) is 0. The molecule has 0 aromatic rings. The molecule has 0 bridgehead atoms. The van der Waals surface area contributed by atoms with Crippen LogP contribution in [0.4, 0.5) is 4.79 Å². The van der Waals surface area contributed by atoms with Crippen molar-refractivity contribution < 1.29 is 24.2 Å². The lowest BCUT2D eigenvalue weighted by molar-refractivity contribution is -0.160. The largest absolute Gasteiger partial charge is 0.394 e. The molecule has 10 nitrogen and oxygen atoms in total. The van der Waals surface area contributed by atoms with Crippen molar-refractivity contribution in [2.24, 2.45) is 5.11 Å². The minimum atomic E-state index is -1.50. The molecule has 0 spiro atoms. The molecule has 2 rings (SSSR count). The third-order valence-electron chi connectivity index (χ3n) is 3.83. The Balaban J connectivity index is 2.29. The number of urea groups is 1. The van der Waals surface area contributed by atoms with E-state index in [1.807, 2.05) is 0 Å². The van der Waals surface area contributed by atoms with Crippen LogP contribution >= 0.6 is 11.6 Å². The van der Waals surface area contributed by atoms with Gasteiger partial charge in [0.15, 0.2) is 11.1 Å². The number of nitrogens with zero attached hydrogens (tertiary/aromatic N) is 4. The number of rotatable bonds is 5. The third kappa shape index (κ3) is 3.22. The van der Waals surface area contributed by atoms with Crippen LogP contribution in [0.5, 0.6) is 0 Å². The maximum absolute atomic E-state index is 12.2. The fourth-order valence-corrected chi connectivity index (χ4v) is 2.89. The van der Waals surface area contributed by atoms with Crippen LogP contribution in [0.25, 0.3) is 10.4 Å². The van der Waals surface area contributed by atoms with E-state index in [1.165, 1.54) is 11.8 Å². The lowest BCUT2D eigenvalue weighted by atomic mass is 10.0. The molecule has 11 heteroatoms. The predicted molar refractivity (Wildman–Crippen MR) is 78.3 cm³/mol. The van der Waals surface area contributed by atoms with Crippen molar-refractivity contribution in [1.82, 2.24) is 10.2 Å². The van der Waals surface area contributed by atoms with Gasteiger partial charge in [-0.3, -0.25) is 15.0 Å². The van der Waals surface area contributed by atoms with E-state index in [0.29, 0.717) is 0 Å². The van der Waals surface area contributed by atoms with E-state index in [-0.39, 0.29) is 19.6 Å². The Morgan fingerprint density at radius 2 is 2.35 bits per heavy atom. The molecule has 2 aliphatic rings. The highest BCUT2D eigenvalue weighted by molar-refractivity contribution is 6.36. The van der Waals surface area contributed by atoms with E-state index >= 15 is 0 Å². The average Bonchev–Trinajstić information content (AvgIpc) is 2.88. The number of amides is 3. The van der Waals surface area contributed by atoms with E-state index in [0.717, 1.165) is 0 Å². The van der Waals surface area contributed by atoms with Crippen LogP contribution in [0.2, 0.25) is 0 Å². The molecular weight excluding hydrogens is 330 g/mol. The highest BCUT2D eigenvalue weighted by Crippen LogP contribution is 2.35. The molecule has 0 saturated carbocycles. The number of hydrogen-bond acceptors (Lipinski definition) is 6. The lowest BCUT2D eigenvalue weighted by Gasteiger charge is -2.44. The average molecular weight is 348 g/mol. The zero-order chi connectivity index (χ0) is 17.2. The first-order valence-electron chi connectivity index (χ1n) is 7.11. The highest BCUT2D eigenvalue weighted by atomic mass is 35.5. The summed E-state index contributed by atoms with van der Waals surface area (Å²) in [6, 6.07) is -1.35. The van der Waals surface area contributed by atoms with Crippen molar-refractivity contribution in [2.45, 2.75) is 49.7 Å². The van der Waals surface area contributed by atoms with E-state index in [2.05, 4.69) is 15.3 Å². The molecule has 5 atom stereocenters. The Hall–Kier alpha value is -1.58. The molecule has 0 aromatic heterocycles. The molecule has 2 fully saturated rings. The summed E-state index contributed by atoms with van der Waals surface area (Å²) in [5, 5.41) is 15.0. The number of hydrogen-bond donors (Lipinski definition) is 2. The number of nitrogens with one attached hydrogen (secondary N) is 1. The second kappa shape index (κ2) is 6.90. The van der Waals surface area contributed by atoms with Crippen LogP contribution in [0.3, 0.4) is 0 Å². The summed E-state index contributed by atoms with van der Waals surface area (Å²) in [4.78, 5) is 26.6. The standard InChI is InChI=1S/C12H18ClN5O5/c1-3-22-10-12(2,13)9(20)15-11(21)18(10)8-4-6(16-17-14)7(5-19)23-8/h6-8,10,19H,3-5H2,1-2H3,(H,15,20,21)/t6?,7?,8?,10-,12+/m1/s1. The minimum absolute atomic E-state index is 0.160. The molecule has 2 saturated heterocycles. The Morgan fingerprint density at radius 3 is 2.91 bits per heavy atom. The number of carbonyl (C=O) groups excluding carboxylic acids is 2. The van der Waals surface area contributed by atoms with Gasteiger partial charge in [-0.25, -0.2) is 4.79 Å². The number of halogens is 1. The first-order valence-corrected chi connectivity index (χ1v) is 7.49. The van der Waals surface area contributed by atoms with Crippen LogP contribution in [0, 0.1) is 0 Å². The molecule has 0 radical (unpaired) electrons. The van der Waals surface area contributed by atoms with Crippen molar-refractivity contribution in [3.8, 4) is 0 Å². The van der Waals surface area contributed by atoms with Gasteiger partial charge in [-0.1, -0.05) is 5.11 Å². The number of carbonyl (C=O) groups is 2. The van der Waals surface area contributed by atoms with Gasteiger partial charge in [-0.2, -0.15) is 0 Å². The summed E-state index contributed by atoms with van der Waals surface area (Å²) in [5.41, 5.74) is 8.58. The molecule has 3 amide bonds. The first kappa shape index (κ1) is 17.8. The molecular formula is C12H18ClN5O5. The fourth-order valence-electron chi connectivity index (χ4n) is 2.68. The molecule has 3 unspecified atom stereocenters. The summed E-state index contributed by atoms with van der Waals surface area (Å²) < 4.78 is 11.1. The van der Waals surface area contributed by atoms with Crippen molar-refractivity contribution in [2.75, 3.05) is 13.2 Å². The van der Waals surface area contributed by atoms with Gasteiger partial charge >= 0.3 is 6.03 Å². The van der Waals surface area contributed by atoms with E-state index < -0.39 is 41.4 Å². The number of aliphatic hydroxyl groups is 1. The van der Waals surface area contributed by atoms with Crippen molar-refractivity contribution in [3.05, 3.63) is 10.4 Å². The van der Waals surface area contributed by atoms with E-state index in [1.54, 1.807) is 6.92 Å². The van der Waals surface area contributed by atoms with Gasteiger partial charge in [0, 0.05) is 17.9 Å². The Bertz CT molecular complexity index is 538. The Kier molecular flexibility index (Phi) is 5.33. The fraction of sp³-hybridized carbons (Fsp3) is 0.833. The van der Waals surface area contributed by atoms with Crippen LogP contribution in [-0.2, 0) is 14.3 Å².